The van der Waals surface area contributed by atoms with Crippen molar-refractivity contribution in [1.29, 1.82) is 5.26 Å². The maximum atomic E-state index is 11.6. The summed E-state index contributed by atoms with van der Waals surface area (Å²) >= 11 is 1.48. The Morgan fingerprint density at radius 3 is 2.67 bits per heavy atom. The normalized spacial score (nSPS) is 11.9. The van der Waals surface area contributed by atoms with Crippen LogP contribution in [0.25, 0.3) is 0 Å². The van der Waals surface area contributed by atoms with Gasteiger partial charge in [0, 0.05) is 5.75 Å². The van der Waals surface area contributed by atoms with E-state index in [0.717, 1.165) is 5.56 Å². The van der Waals surface area contributed by atoms with Gasteiger partial charge in [-0.15, -0.1) is 11.8 Å². The Morgan fingerprint density at radius 1 is 1.39 bits per heavy atom. The predicted octanol–water partition coefficient (Wildman–Crippen LogP) is 3.13. The van der Waals surface area contributed by atoms with E-state index in [4.69, 9.17) is 10.00 Å². The summed E-state index contributed by atoms with van der Waals surface area (Å²) < 4.78 is 5.13. The summed E-state index contributed by atoms with van der Waals surface area (Å²) in [5, 5.41) is 8.74. The van der Waals surface area contributed by atoms with Crippen molar-refractivity contribution in [3.63, 3.8) is 0 Å². The highest BCUT2D eigenvalue weighted by atomic mass is 32.2. The SMILES string of the molecule is CC(C)OC(=O)C(C)SCc1ccccc1C#N. The molecule has 1 atom stereocenters. The molecule has 0 spiro atoms. The number of benzene rings is 1. The third kappa shape index (κ3) is 4.42. The summed E-state index contributed by atoms with van der Waals surface area (Å²) in [5.74, 6) is 0.433. The third-order valence-corrected chi connectivity index (χ3v) is 3.48. The van der Waals surface area contributed by atoms with Gasteiger partial charge in [-0.3, -0.25) is 4.79 Å². The molecule has 1 unspecified atom stereocenters. The van der Waals surface area contributed by atoms with Gasteiger partial charge in [-0.25, -0.2) is 0 Å². The number of hydrogen-bond donors (Lipinski definition) is 0. The summed E-state index contributed by atoms with van der Waals surface area (Å²) in [6.45, 7) is 5.49. The van der Waals surface area contributed by atoms with E-state index in [1.165, 1.54) is 11.8 Å². The van der Waals surface area contributed by atoms with Crippen LogP contribution in [0.3, 0.4) is 0 Å². The monoisotopic (exact) mass is 263 g/mol. The molecule has 0 heterocycles. The molecule has 0 fully saturated rings. The molecule has 1 rings (SSSR count). The topological polar surface area (TPSA) is 50.1 Å². The number of nitriles is 1. The fraction of sp³-hybridized carbons (Fsp3) is 0.429. The van der Waals surface area contributed by atoms with E-state index < -0.39 is 0 Å². The maximum absolute atomic E-state index is 11.6. The smallest absolute Gasteiger partial charge is 0.319 e. The first-order valence-corrected chi connectivity index (χ1v) is 6.89. The van der Waals surface area contributed by atoms with E-state index in [1.807, 2.05) is 39.0 Å². The Morgan fingerprint density at radius 2 is 2.06 bits per heavy atom. The van der Waals surface area contributed by atoms with Gasteiger partial charge in [0.2, 0.25) is 0 Å². The van der Waals surface area contributed by atoms with Crippen LogP contribution in [0.1, 0.15) is 31.9 Å². The highest BCUT2D eigenvalue weighted by Crippen LogP contribution is 2.21. The largest absolute Gasteiger partial charge is 0.462 e. The Kier molecular flexibility index (Phi) is 5.73. The van der Waals surface area contributed by atoms with Gasteiger partial charge in [0.25, 0.3) is 0 Å². The molecular weight excluding hydrogens is 246 g/mol. The second-order valence-electron chi connectivity index (χ2n) is 4.21. The van der Waals surface area contributed by atoms with Crippen molar-refractivity contribution in [3.05, 3.63) is 35.4 Å². The number of ether oxygens (including phenoxy) is 1. The van der Waals surface area contributed by atoms with Crippen LogP contribution < -0.4 is 0 Å². The standard InChI is InChI=1S/C14H17NO2S/c1-10(2)17-14(16)11(3)18-9-13-7-5-4-6-12(13)8-15/h4-7,10-11H,9H2,1-3H3. The van der Waals surface area contributed by atoms with Gasteiger partial charge in [0.05, 0.1) is 23.0 Å². The minimum Gasteiger partial charge on any atom is -0.462 e. The average molecular weight is 263 g/mol. The van der Waals surface area contributed by atoms with Crippen molar-refractivity contribution in [2.75, 3.05) is 0 Å². The molecule has 3 nitrogen and oxygen atoms in total. The van der Waals surface area contributed by atoms with E-state index in [-0.39, 0.29) is 17.3 Å². The zero-order valence-electron chi connectivity index (χ0n) is 10.8. The number of thioether (sulfide) groups is 1. The first-order chi connectivity index (χ1) is 8.54. The van der Waals surface area contributed by atoms with Crippen LogP contribution in [-0.2, 0) is 15.3 Å². The molecule has 0 saturated carbocycles. The number of rotatable bonds is 5. The number of carbonyl (C=O) groups is 1. The molecule has 1 aromatic carbocycles. The first kappa shape index (κ1) is 14.6. The van der Waals surface area contributed by atoms with Crippen LogP contribution in [-0.4, -0.2) is 17.3 Å². The van der Waals surface area contributed by atoms with Crippen molar-refractivity contribution in [1.82, 2.24) is 0 Å². The maximum Gasteiger partial charge on any atom is 0.319 e. The van der Waals surface area contributed by atoms with Crippen molar-refractivity contribution in [2.45, 2.75) is 37.9 Å². The van der Waals surface area contributed by atoms with Crippen LogP contribution in [0.4, 0.5) is 0 Å². The minimum absolute atomic E-state index is 0.0908. The zero-order chi connectivity index (χ0) is 13.5. The van der Waals surface area contributed by atoms with Crippen LogP contribution in [0, 0.1) is 11.3 Å². The van der Waals surface area contributed by atoms with Crippen molar-refractivity contribution in [2.24, 2.45) is 0 Å². The van der Waals surface area contributed by atoms with Crippen LogP contribution in [0.5, 0.6) is 0 Å². The average Bonchev–Trinajstić information content (AvgIpc) is 2.35. The fourth-order valence-electron chi connectivity index (χ4n) is 1.37. The lowest BCUT2D eigenvalue weighted by Gasteiger charge is -2.13. The quantitative estimate of drug-likeness (QED) is 0.766. The highest BCUT2D eigenvalue weighted by molar-refractivity contribution is 7.99. The molecule has 0 aromatic heterocycles. The molecule has 0 N–H and O–H groups in total. The number of esters is 1. The van der Waals surface area contributed by atoms with Gasteiger partial charge >= 0.3 is 5.97 Å². The molecule has 0 bridgehead atoms. The second kappa shape index (κ2) is 7.07. The van der Waals surface area contributed by atoms with Gasteiger partial charge in [-0.05, 0) is 32.4 Å². The van der Waals surface area contributed by atoms with Crippen LogP contribution in [0.2, 0.25) is 0 Å². The molecule has 96 valence electrons. The van der Waals surface area contributed by atoms with Crippen molar-refractivity contribution < 1.29 is 9.53 Å². The molecule has 0 saturated heterocycles. The molecule has 4 heteroatoms. The Labute approximate surface area is 112 Å². The van der Waals surface area contributed by atoms with E-state index >= 15 is 0 Å². The molecule has 0 aliphatic carbocycles. The van der Waals surface area contributed by atoms with Gasteiger partial charge in [-0.1, -0.05) is 18.2 Å². The van der Waals surface area contributed by atoms with E-state index in [9.17, 15) is 4.79 Å². The summed E-state index contributed by atoms with van der Waals surface area (Å²) in [6.07, 6.45) is -0.0908. The Hall–Kier alpha value is -1.47. The summed E-state index contributed by atoms with van der Waals surface area (Å²) in [7, 11) is 0. The molecular formula is C14H17NO2S. The van der Waals surface area contributed by atoms with Gasteiger partial charge in [-0.2, -0.15) is 5.26 Å². The number of hydrogen-bond acceptors (Lipinski definition) is 4. The number of nitrogens with zero attached hydrogens (tertiary/aromatic N) is 1. The fourth-order valence-corrected chi connectivity index (χ4v) is 2.24. The van der Waals surface area contributed by atoms with E-state index in [2.05, 4.69) is 6.07 Å². The lowest BCUT2D eigenvalue weighted by Crippen LogP contribution is -2.20. The molecule has 0 aliphatic heterocycles. The van der Waals surface area contributed by atoms with E-state index in [1.54, 1.807) is 6.07 Å². The summed E-state index contributed by atoms with van der Waals surface area (Å²) in [4.78, 5) is 11.6. The van der Waals surface area contributed by atoms with Crippen LogP contribution >= 0.6 is 11.8 Å². The lowest BCUT2D eigenvalue weighted by molar-refractivity contribution is -0.146. The third-order valence-electron chi connectivity index (χ3n) is 2.31. The first-order valence-electron chi connectivity index (χ1n) is 5.84. The Balaban J connectivity index is 2.55. The summed E-state index contributed by atoms with van der Waals surface area (Å²) in [6, 6.07) is 9.58. The lowest BCUT2D eigenvalue weighted by atomic mass is 10.1. The molecule has 0 radical (unpaired) electrons. The molecule has 18 heavy (non-hydrogen) atoms. The van der Waals surface area contributed by atoms with Gasteiger partial charge in [0.1, 0.15) is 0 Å². The van der Waals surface area contributed by atoms with Crippen LogP contribution in [0.15, 0.2) is 24.3 Å². The predicted molar refractivity (Wildman–Crippen MR) is 73.1 cm³/mol. The van der Waals surface area contributed by atoms with E-state index in [0.29, 0.717) is 11.3 Å². The zero-order valence-corrected chi connectivity index (χ0v) is 11.7. The molecule has 1 aromatic rings. The summed E-state index contributed by atoms with van der Waals surface area (Å²) in [5.41, 5.74) is 1.61. The van der Waals surface area contributed by atoms with Gasteiger partial charge in [0.15, 0.2) is 0 Å². The van der Waals surface area contributed by atoms with Gasteiger partial charge < -0.3 is 4.74 Å². The number of carbonyl (C=O) groups excluding carboxylic acids is 1. The van der Waals surface area contributed by atoms with Crippen molar-refractivity contribution >= 4 is 17.7 Å². The highest BCUT2D eigenvalue weighted by Gasteiger charge is 2.16. The molecule has 0 aliphatic rings. The van der Waals surface area contributed by atoms with Crippen molar-refractivity contribution in [3.8, 4) is 6.07 Å². The second-order valence-corrected chi connectivity index (χ2v) is 5.54. The minimum atomic E-state index is -0.223. The molecule has 0 amide bonds. The Bertz CT molecular complexity index is 451.